The Hall–Kier alpha value is -3.08. The zero-order chi connectivity index (χ0) is 25.5. The van der Waals surface area contributed by atoms with E-state index in [1.807, 2.05) is 36.4 Å². The first-order valence-electron chi connectivity index (χ1n) is 12.3. The lowest BCUT2D eigenvalue weighted by atomic mass is 9.96. The molecular formula is C29H32ClN3O3. The first kappa shape index (κ1) is 26.0. The smallest absolute Gasteiger partial charge is 0.119 e. The Labute approximate surface area is 217 Å². The van der Waals surface area contributed by atoms with E-state index in [0.29, 0.717) is 17.1 Å². The number of nitrogens with zero attached hydrogens (tertiary/aromatic N) is 3. The number of aliphatic hydroxyl groups excluding tert-OH is 2. The zero-order valence-electron chi connectivity index (χ0n) is 20.4. The number of anilines is 1. The summed E-state index contributed by atoms with van der Waals surface area (Å²) < 4.78 is 5.54. The Kier molecular flexibility index (Phi) is 8.84. The summed E-state index contributed by atoms with van der Waals surface area (Å²) >= 11 is 6.19. The van der Waals surface area contributed by atoms with Crippen LogP contribution in [0.4, 0.5) is 5.69 Å². The summed E-state index contributed by atoms with van der Waals surface area (Å²) in [4.78, 5) is 4.79. The Morgan fingerprint density at radius 3 is 2.33 bits per heavy atom. The number of benzene rings is 3. The van der Waals surface area contributed by atoms with E-state index >= 15 is 0 Å². The van der Waals surface area contributed by atoms with Crippen molar-refractivity contribution in [3.63, 3.8) is 0 Å². The molecule has 7 heteroatoms. The maximum absolute atomic E-state index is 11.0. The van der Waals surface area contributed by atoms with Gasteiger partial charge in [-0.05, 0) is 66.1 Å². The molecule has 1 unspecified atom stereocenters. The van der Waals surface area contributed by atoms with Crippen LogP contribution in [-0.4, -0.2) is 54.0 Å². The third kappa shape index (κ3) is 6.18. The van der Waals surface area contributed by atoms with Crippen molar-refractivity contribution in [3.05, 3.63) is 94.5 Å². The van der Waals surface area contributed by atoms with Crippen LogP contribution in [0.2, 0.25) is 5.02 Å². The molecule has 1 saturated heterocycles. The topological polar surface area (TPSA) is 80.0 Å². The zero-order valence-corrected chi connectivity index (χ0v) is 21.2. The van der Waals surface area contributed by atoms with Gasteiger partial charge in [0.05, 0.1) is 30.4 Å². The SMILES string of the molecule is CC[C@@H]1CN(c2ccc(OCCO)cc2)[C@H](c2ccc(Cl)cc2)CN1CC(O)c1ccc(C#N)cc1. The third-order valence-corrected chi connectivity index (χ3v) is 7.05. The molecule has 36 heavy (non-hydrogen) atoms. The number of piperazine rings is 1. The Morgan fingerprint density at radius 1 is 1.03 bits per heavy atom. The summed E-state index contributed by atoms with van der Waals surface area (Å²) in [6, 6.07) is 25.6. The van der Waals surface area contributed by atoms with E-state index in [1.54, 1.807) is 12.1 Å². The highest BCUT2D eigenvalue weighted by Crippen LogP contribution is 2.35. The van der Waals surface area contributed by atoms with Crippen LogP contribution in [0.5, 0.6) is 5.75 Å². The van der Waals surface area contributed by atoms with Gasteiger partial charge >= 0.3 is 0 Å². The molecule has 0 bridgehead atoms. The number of rotatable bonds is 9. The van der Waals surface area contributed by atoms with Crippen molar-refractivity contribution in [1.82, 2.24) is 4.90 Å². The summed E-state index contributed by atoms with van der Waals surface area (Å²) in [6.07, 6.45) is 0.300. The average Bonchev–Trinajstić information content (AvgIpc) is 2.92. The highest BCUT2D eigenvalue weighted by atomic mass is 35.5. The first-order chi connectivity index (χ1) is 17.5. The molecule has 1 aliphatic rings. The molecule has 1 heterocycles. The number of aliphatic hydroxyl groups is 2. The second-order valence-electron chi connectivity index (χ2n) is 9.05. The van der Waals surface area contributed by atoms with E-state index in [1.165, 1.54) is 0 Å². The molecule has 0 spiro atoms. The molecule has 4 rings (SSSR count). The summed E-state index contributed by atoms with van der Waals surface area (Å²) in [5.74, 6) is 0.729. The quantitative estimate of drug-likeness (QED) is 0.428. The lowest BCUT2D eigenvalue weighted by molar-refractivity contribution is 0.0669. The Morgan fingerprint density at radius 2 is 1.72 bits per heavy atom. The average molecular weight is 506 g/mol. The van der Waals surface area contributed by atoms with E-state index < -0.39 is 6.10 Å². The van der Waals surface area contributed by atoms with Crippen molar-refractivity contribution in [1.29, 1.82) is 5.26 Å². The number of β-amino-alcohol motifs (C(OH)–C–C–N with tert-alkyl or cyclic N) is 1. The van der Waals surface area contributed by atoms with Gasteiger partial charge in [0.1, 0.15) is 12.4 Å². The molecule has 1 fully saturated rings. The van der Waals surface area contributed by atoms with Crippen molar-refractivity contribution in [2.24, 2.45) is 0 Å². The Bertz CT molecular complexity index is 1150. The summed E-state index contributed by atoms with van der Waals surface area (Å²) in [7, 11) is 0. The maximum atomic E-state index is 11.0. The fraction of sp³-hybridized carbons (Fsp3) is 0.345. The first-order valence-corrected chi connectivity index (χ1v) is 12.7. The Balaban J connectivity index is 1.59. The number of hydrogen-bond donors (Lipinski definition) is 2. The van der Waals surface area contributed by atoms with Gasteiger partial charge in [0.2, 0.25) is 0 Å². The van der Waals surface area contributed by atoms with Gasteiger partial charge in [-0.25, -0.2) is 0 Å². The van der Waals surface area contributed by atoms with Crippen LogP contribution >= 0.6 is 11.6 Å². The molecule has 188 valence electrons. The van der Waals surface area contributed by atoms with E-state index in [9.17, 15) is 5.11 Å². The summed E-state index contributed by atoms with van der Waals surface area (Å²) in [5, 5.41) is 29.8. The second-order valence-corrected chi connectivity index (χ2v) is 9.49. The van der Waals surface area contributed by atoms with Gasteiger partial charge in [-0.2, -0.15) is 5.26 Å². The van der Waals surface area contributed by atoms with Gasteiger partial charge in [0.25, 0.3) is 0 Å². The molecular weight excluding hydrogens is 474 g/mol. The number of nitriles is 1. The monoisotopic (exact) mass is 505 g/mol. The number of halogens is 1. The van der Waals surface area contributed by atoms with Crippen LogP contribution in [0.15, 0.2) is 72.8 Å². The molecule has 2 N–H and O–H groups in total. The second kappa shape index (κ2) is 12.2. The lowest BCUT2D eigenvalue weighted by Crippen LogP contribution is -2.55. The van der Waals surface area contributed by atoms with Crippen molar-refractivity contribution < 1.29 is 14.9 Å². The standard InChI is InChI=1S/C29H32ClN3O3/c1-2-25-18-33(26-11-13-27(14-12-26)36-16-15-34)28(22-7-9-24(30)10-8-22)19-32(25)20-29(35)23-5-3-21(17-31)4-6-23/h3-14,25,28-29,34-35H,2,15-16,18-20H2,1H3/t25-,28+,29?/m1/s1. The predicted molar refractivity (Wildman–Crippen MR) is 142 cm³/mol. The molecule has 1 aliphatic heterocycles. The van der Waals surface area contributed by atoms with Crippen LogP contribution in [-0.2, 0) is 0 Å². The minimum atomic E-state index is -0.646. The highest BCUT2D eigenvalue weighted by Gasteiger charge is 2.35. The van der Waals surface area contributed by atoms with Gasteiger partial charge in [-0.3, -0.25) is 4.90 Å². The minimum Gasteiger partial charge on any atom is -0.491 e. The van der Waals surface area contributed by atoms with Crippen LogP contribution in [0.25, 0.3) is 0 Å². The fourth-order valence-electron chi connectivity index (χ4n) is 4.81. The van der Waals surface area contributed by atoms with E-state index in [0.717, 1.165) is 42.1 Å². The molecule has 3 aromatic rings. The molecule has 0 amide bonds. The van der Waals surface area contributed by atoms with Crippen molar-refractivity contribution in [3.8, 4) is 11.8 Å². The van der Waals surface area contributed by atoms with Gasteiger partial charge in [-0.1, -0.05) is 42.8 Å². The van der Waals surface area contributed by atoms with E-state index in [-0.39, 0.29) is 25.3 Å². The summed E-state index contributed by atoms with van der Waals surface area (Å²) in [5.41, 5.74) is 3.65. The molecule has 0 saturated carbocycles. The molecule has 3 aromatic carbocycles. The summed E-state index contributed by atoms with van der Waals surface area (Å²) in [6.45, 7) is 4.49. The predicted octanol–water partition coefficient (Wildman–Crippen LogP) is 4.96. The van der Waals surface area contributed by atoms with Crippen LogP contribution < -0.4 is 9.64 Å². The van der Waals surface area contributed by atoms with Crippen LogP contribution in [0.1, 0.15) is 42.2 Å². The van der Waals surface area contributed by atoms with Gasteiger partial charge in [-0.15, -0.1) is 0 Å². The number of ether oxygens (including phenoxy) is 1. The van der Waals surface area contributed by atoms with Crippen molar-refractivity contribution in [2.45, 2.75) is 31.5 Å². The van der Waals surface area contributed by atoms with Gasteiger partial charge in [0.15, 0.2) is 0 Å². The van der Waals surface area contributed by atoms with Crippen LogP contribution in [0.3, 0.4) is 0 Å². The number of hydrogen-bond acceptors (Lipinski definition) is 6. The van der Waals surface area contributed by atoms with Crippen LogP contribution in [0, 0.1) is 11.3 Å². The van der Waals surface area contributed by atoms with E-state index in [2.05, 4.69) is 47.1 Å². The lowest BCUT2D eigenvalue weighted by Gasteiger charge is -2.48. The normalized spacial score (nSPS) is 19.0. The minimum absolute atomic E-state index is 0.0190. The fourth-order valence-corrected chi connectivity index (χ4v) is 4.94. The molecule has 3 atom stereocenters. The van der Waals surface area contributed by atoms with Crippen molar-refractivity contribution >= 4 is 17.3 Å². The molecule has 6 nitrogen and oxygen atoms in total. The van der Waals surface area contributed by atoms with Gasteiger partial charge in [0, 0.05) is 36.4 Å². The third-order valence-electron chi connectivity index (χ3n) is 6.79. The molecule has 0 aromatic heterocycles. The molecule has 0 aliphatic carbocycles. The van der Waals surface area contributed by atoms with Gasteiger partial charge < -0.3 is 19.8 Å². The maximum Gasteiger partial charge on any atom is 0.119 e. The largest absolute Gasteiger partial charge is 0.491 e. The van der Waals surface area contributed by atoms with Crippen molar-refractivity contribution in [2.75, 3.05) is 37.7 Å². The molecule has 0 radical (unpaired) electrons. The highest BCUT2D eigenvalue weighted by molar-refractivity contribution is 6.30. The van der Waals surface area contributed by atoms with E-state index in [4.69, 9.17) is 26.7 Å².